The molecule has 0 radical (unpaired) electrons. The number of aliphatic hydroxyl groups excluding tert-OH is 1. The van der Waals surface area contributed by atoms with Gasteiger partial charge in [0.25, 0.3) is 0 Å². The molecular weight excluding hydrogens is 412 g/mol. The zero-order valence-corrected chi connectivity index (χ0v) is 19.5. The van der Waals surface area contributed by atoms with Crippen LogP contribution in [0.3, 0.4) is 0 Å². The lowest BCUT2D eigenvalue weighted by Crippen LogP contribution is -2.59. The van der Waals surface area contributed by atoms with Crippen molar-refractivity contribution in [3.8, 4) is 6.07 Å². The highest BCUT2D eigenvalue weighted by Gasteiger charge is 2.65. The van der Waals surface area contributed by atoms with Crippen molar-refractivity contribution in [2.45, 2.75) is 76.9 Å². The Kier molecular flexibility index (Phi) is 4.51. The highest BCUT2D eigenvalue weighted by molar-refractivity contribution is 5.82. The number of hydrogen-bond donors (Lipinski definition) is 2. The fourth-order valence-electron chi connectivity index (χ4n) is 7.70. The van der Waals surface area contributed by atoms with Gasteiger partial charge in [0.15, 0.2) is 11.5 Å². The lowest BCUT2D eigenvalue weighted by atomic mass is 9.49. The topological polar surface area (TPSA) is 90.3 Å². The van der Waals surface area contributed by atoms with Gasteiger partial charge in [0.2, 0.25) is 0 Å². The second-order valence-electron chi connectivity index (χ2n) is 11.1. The third kappa shape index (κ3) is 2.87. The maximum atomic E-state index is 12.4. The van der Waals surface area contributed by atoms with E-state index in [1.807, 2.05) is 13.0 Å². The Labute approximate surface area is 194 Å². The summed E-state index contributed by atoms with van der Waals surface area (Å²) in [5, 5.41) is 33.2. The number of aryl methyl sites for hydroxylation is 1. The predicted octanol–water partition coefficient (Wildman–Crippen LogP) is 5.46. The number of benzene rings is 1. The van der Waals surface area contributed by atoms with Crippen molar-refractivity contribution in [3.05, 3.63) is 47.4 Å². The molecule has 172 valence electrons. The lowest BCUT2D eigenvalue weighted by molar-refractivity contribution is -0.143. The molecule has 1 aromatic carbocycles. The van der Waals surface area contributed by atoms with Gasteiger partial charge in [-0.15, -0.1) is 0 Å². The van der Waals surface area contributed by atoms with E-state index in [0.717, 1.165) is 48.8 Å². The van der Waals surface area contributed by atoms with E-state index >= 15 is 0 Å². The van der Waals surface area contributed by atoms with Gasteiger partial charge in [0.05, 0.1) is 17.8 Å². The molecule has 2 fully saturated rings. The van der Waals surface area contributed by atoms with Gasteiger partial charge in [-0.05, 0) is 86.0 Å². The second-order valence-corrected chi connectivity index (χ2v) is 11.1. The van der Waals surface area contributed by atoms with Crippen molar-refractivity contribution in [1.82, 2.24) is 4.98 Å². The molecule has 4 aliphatic rings. The molecule has 5 unspecified atom stereocenters. The average Bonchev–Trinajstić information content (AvgIpc) is 3.30. The first-order chi connectivity index (χ1) is 15.8. The van der Waals surface area contributed by atoms with E-state index in [-0.39, 0.29) is 17.4 Å². The van der Waals surface area contributed by atoms with Gasteiger partial charge >= 0.3 is 0 Å². The van der Waals surface area contributed by atoms with Crippen LogP contribution in [0.4, 0.5) is 0 Å². The van der Waals surface area contributed by atoms with Crippen molar-refractivity contribution < 1.29 is 14.6 Å². The van der Waals surface area contributed by atoms with E-state index in [1.54, 1.807) is 0 Å². The normalized spacial score (nSPS) is 40.2. The summed E-state index contributed by atoms with van der Waals surface area (Å²) < 4.78 is 5.80. The van der Waals surface area contributed by atoms with E-state index in [1.165, 1.54) is 11.1 Å². The summed E-state index contributed by atoms with van der Waals surface area (Å²) in [7, 11) is 0. The molecule has 1 heterocycles. The second kappa shape index (κ2) is 7.04. The van der Waals surface area contributed by atoms with Crippen molar-refractivity contribution in [2.24, 2.45) is 22.7 Å². The molecule has 0 spiro atoms. The van der Waals surface area contributed by atoms with Crippen molar-refractivity contribution in [3.63, 3.8) is 0 Å². The SMILES string of the molecule is Cc1nc2ccc(C3=CCC4C3(C)CCC3(C#N)C=C5CC(O)CCC5CC[C@]43O)cc2o1. The predicted molar refractivity (Wildman–Crippen MR) is 126 cm³/mol. The maximum Gasteiger partial charge on any atom is 0.192 e. The summed E-state index contributed by atoms with van der Waals surface area (Å²) in [5.41, 5.74) is 3.08. The quantitative estimate of drug-likeness (QED) is 0.570. The average molecular weight is 445 g/mol. The Morgan fingerprint density at radius 3 is 2.85 bits per heavy atom. The molecule has 0 bridgehead atoms. The van der Waals surface area contributed by atoms with Crippen LogP contribution >= 0.6 is 0 Å². The molecule has 0 amide bonds. The minimum atomic E-state index is -1.07. The van der Waals surface area contributed by atoms with E-state index in [4.69, 9.17) is 4.42 Å². The number of nitrogens with zero attached hydrogens (tertiary/aromatic N) is 2. The van der Waals surface area contributed by atoms with Gasteiger partial charge < -0.3 is 14.6 Å². The largest absolute Gasteiger partial charge is 0.441 e. The van der Waals surface area contributed by atoms with Crippen LogP contribution in [0.15, 0.2) is 40.3 Å². The van der Waals surface area contributed by atoms with Crippen LogP contribution in [0.1, 0.15) is 69.7 Å². The number of nitriles is 1. The summed E-state index contributed by atoms with van der Waals surface area (Å²) in [5.74, 6) is 1.03. The molecule has 2 aromatic rings. The molecule has 0 aliphatic heterocycles. The van der Waals surface area contributed by atoms with Gasteiger partial charge in [0.1, 0.15) is 10.9 Å². The smallest absolute Gasteiger partial charge is 0.192 e. The fourth-order valence-corrected chi connectivity index (χ4v) is 7.70. The number of rotatable bonds is 1. The molecule has 4 aliphatic carbocycles. The van der Waals surface area contributed by atoms with Crippen molar-refractivity contribution >= 4 is 16.7 Å². The third-order valence-corrected chi connectivity index (χ3v) is 9.49. The van der Waals surface area contributed by atoms with Gasteiger partial charge in [-0.3, -0.25) is 0 Å². The molecule has 0 saturated heterocycles. The van der Waals surface area contributed by atoms with Gasteiger partial charge in [-0.25, -0.2) is 4.98 Å². The Hall–Kier alpha value is -2.42. The molecule has 2 saturated carbocycles. The molecule has 2 N–H and O–H groups in total. The zero-order chi connectivity index (χ0) is 23.0. The number of aromatic nitrogens is 1. The van der Waals surface area contributed by atoms with Gasteiger partial charge in [0, 0.05) is 12.8 Å². The van der Waals surface area contributed by atoms with Crippen molar-refractivity contribution in [2.75, 3.05) is 0 Å². The fraction of sp³-hybridized carbons (Fsp3) is 0.571. The highest BCUT2D eigenvalue weighted by atomic mass is 16.3. The van der Waals surface area contributed by atoms with E-state index < -0.39 is 11.0 Å². The van der Waals surface area contributed by atoms with Crippen LogP contribution in [-0.4, -0.2) is 26.9 Å². The molecule has 5 nitrogen and oxygen atoms in total. The molecule has 1 aromatic heterocycles. The van der Waals surface area contributed by atoms with Gasteiger partial charge in [-0.2, -0.15) is 5.26 Å². The van der Waals surface area contributed by atoms with Crippen LogP contribution < -0.4 is 0 Å². The standard InChI is InChI=1S/C28H32N2O3/c1-17-30-23-7-4-19(14-24(23)33-17)22-6-8-25-26(22,2)11-12-27(16-29)15-20-13-21(31)5-3-18(20)9-10-28(25,27)32/h4,6-7,14-15,18,21,25,31-32H,3,5,8-13H2,1-2H3/t18?,21?,25?,26?,27?,28-/m0/s1. The highest BCUT2D eigenvalue weighted by Crippen LogP contribution is 2.66. The monoisotopic (exact) mass is 444 g/mol. The first kappa shape index (κ1) is 21.1. The Morgan fingerprint density at radius 1 is 1.18 bits per heavy atom. The Bertz CT molecular complexity index is 1240. The first-order valence-corrected chi connectivity index (χ1v) is 12.4. The number of oxazole rings is 1. The Balaban J connectivity index is 1.40. The number of hydrogen-bond acceptors (Lipinski definition) is 5. The molecule has 5 heteroatoms. The maximum absolute atomic E-state index is 12.4. The summed E-state index contributed by atoms with van der Waals surface area (Å²) in [6.07, 6.45) is 10.3. The molecule has 6 atom stereocenters. The number of aliphatic hydroxyl groups is 2. The van der Waals surface area contributed by atoms with Crippen LogP contribution in [0.2, 0.25) is 0 Å². The van der Waals surface area contributed by atoms with Gasteiger partial charge in [-0.1, -0.05) is 30.7 Å². The minimum absolute atomic E-state index is 0.0116. The third-order valence-electron chi connectivity index (χ3n) is 9.49. The van der Waals surface area contributed by atoms with E-state index in [0.29, 0.717) is 31.1 Å². The van der Waals surface area contributed by atoms with Crippen molar-refractivity contribution in [1.29, 1.82) is 5.26 Å². The molecular formula is C28H32N2O3. The van der Waals surface area contributed by atoms with Crippen LogP contribution in [0.25, 0.3) is 16.7 Å². The van der Waals surface area contributed by atoms with E-state index in [9.17, 15) is 15.5 Å². The Morgan fingerprint density at radius 2 is 2.03 bits per heavy atom. The molecule has 6 rings (SSSR count). The first-order valence-electron chi connectivity index (χ1n) is 12.4. The number of allylic oxidation sites excluding steroid dienone is 2. The van der Waals surface area contributed by atoms with E-state index in [2.05, 4.69) is 42.3 Å². The summed E-state index contributed by atoms with van der Waals surface area (Å²) in [6, 6.07) is 8.82. The zero-order valence-electron chi connectivity index (χ0n) is 19.5. The summed E-state index contributed by atoms with van der Waals surface area (Å²) in [6.45, 7) is 4.14. The molecule has 33 heavy (non-hydrogen) atoms. The van der Waals surface area contributed by atoms with Crippen LogP contribution in [0, 0.1) is 40.9 Å². The van der Waals surface area contributed by atoms with Crippen LogP contribution in [0.5, 0.6) is 0 Å². The number of fused-ring (bicyclic) bond motifs is 5. The van der Waals surface area contributed by atoms with Crippen LogP contribution in [-0.2, 0) is 0 Å². The minimum Gasteiger partial charge on any atom is -0.441 e. The summed E-state index contributed by atoms with van der Waals surface area (Å²) >= 11 is 0. The summed E-state index contributed by atoms with van der Waals surface area (Å²) in [4.78, 5) is 4.43. The lowest BCUT2D eigenvalue weighted by Gasteiger charge is -2.56.